The molecule has 1 N–H and O–H groups in total. The average molecular weight is 212 g/mol. The summed E-state index contributed by atoms with van der Waals surface area (Å²) in [4.78, 5) is 0. The van der Waals surface area contributed by atoms with Gasteiger partial charge in [0, 0.05) is 26.6 Å². The first kappa shape index (κ1) is 12.1. The molecule has 0 radical (unpaired) electrons. The van der Waals surface area contributed by atoms with Gasteiger partial charge in [0.05, 0.1) is 12.7 Å². The molecular weight excluding hydrogens is 192 g/mol. The van der Waals surface area contributed by atoms with Gasteiger partial charge in [-0.3, -0.25) is 0 Å². The molecule has 5 heteroatoms. The van der Waals surface area contributed by atoms with Crippen molar-refractivity contribution < 1.29 is 4.74 Å². The number of hydrogen-bond acceptors (Lipinski definition) is 4. The van der Waals surface area contributed by atoms with E-state index in [1.165, 1.54) is 0 Å². The van der Waals surface area contributed by atoms with E-state index in [1.807, 2.05) is 25.5 Å². The maximum Gasteiger partial charge on any atom is 0.133 e. The molecule has 1 aromatic rings. The molecule has 0 aromatic carbocycles. The van der Waals surface area contributed by atoms with E-state index in [9.17, 15) is 0 Å². The van der Waals surface area contributed by atoms with Crippen LogP contribution < -0.4 is 5.32 Å². The summed E-state index contributed by atoms with van der Waals surface area (Å²) in [5, 5.41) is 11.1. The third kappa shape index (κ3) is 4.90. The fourth-order valence-electron chi connectivity index (χ4n) is 1.23. The Morgan fingerprint density at radius 3 is 2.87 bits per heavy atom. The molecule has 0 aliphatic carbocycles. The molecule has 5 nitrogen and oxygen atoms in total. The van der Waals surface area contributed by atoms with Crippen LogP contribution in [-0.2, 0) is 18.2 Å². The molecule has 15 heavy (non-hydrogen) atoms. The van der Waals surface area contributed by atoms with Crippen molar-refractivity contribution >= 4 is 0 Å². The maximum atomic E-state index is 5.41. The smallest absolute Gasteiger partial charge is 0.133 e. The summed E-state index contributed by atoms with van der Waals surface area (Å²) in [7, 11) is 1.96. The molecule has 0 saturated carbocycles. The normalized spacial score (nSPS) is 11.2. The van der Waals surface area contributed by atoms with Crippen LogP contribution in [-0.4, -0.2) is 40.6 Å². The molecule has 1 aromatic heterocycles. The monoisotopic (exact) mass is 212 g/mol. The average Bonchev–Trinajstić information content (AvgIpc) is 2.57. The quantitative estimate of drug-likeness (QED) is 0.664. The summed E-state index contributed by atoms with van der Waals surface area (Å²) in [6.07, 6.45) is 2.93. The Balaban J connectivity index is 2.00. The summed E-state index contributed by atoms with van der Waals surface area (Å²) in [5.41, 5.74) is 0. The Bertz CT molecular complexity index is 272. The summed E-state index contributed by atoms with van der Waals surface area (Å²) < 4.78 is 7.34. The zero-order valence-electron chi connectivity index (χ0n) is 9.73. The highest BCUT2D eigenvalue weighted by Gasteiger charge is 1.99. The van der Waals surface area contributed by atoms with Crippen molar-refractivity contribution in [1.29, 1.82) is 0 Å². The largest absolute Gasteiger partial charge is 0.377 e. The highest BCUT2D eigenvalue weighted by molar-refractivity contribution is 4.84. The molecule has 0 atom stereocenters. The minimum Gasteiger partial charge on any atom is -0.377 e. The SMILES string of the molecule is CC(C)OCCNCCc1nncn1C. The second-order valence-corrected chi connectivity index (χ2v) is 3.78. The third-order valence-corrected chi connectivity index (χ3v) is 2.06. The highest BCUT2D eigenvalue weighted by atomic mass is 16.5. The molecule has 0 aliphatic rings. The number of ether oxygens (including phenoxy) is 1. The lowest BCUT2D eigenvalue weighted by Crippen LogP contribution is -2.24. The lowest BCUT2D eigenvalue weighted by molar-refractivity contribution is 0.0809. The predicted molar refractivity (Wildman–Crippen MR) is 58.7 cm³/mol. The van der Waals surface area contributed by atoms with E-state index in [-0.39, 0.29) is 0 Å². The van der Waals surface area contributed by atoms with Crippen molar-refractivity contribution in [2.24, 2.45) is 7.05 Å². The van der Waals surface area contributed by atoms with E-state index < -0.39 is 0 Å². The highest BCUT2D eigenvalue weighted by Crippen LogP contribution is 1.91. The number of aromatic nitrogens is 3. The summed E-state index contributed by atoms with van der Waals surface area (Å²) in [6.45, 7) is 6.64. The summed E-state index contributed by atoms with van der Waals surface area (Å²) in [5.74, 6) is 1.01. The minimum atomic E-state index is 0.311. The molecule has 1 heterocycles. The zero-order chi connectivity index (χ0) is 11.1. The van der Waals surface area contributed by atoms with Crippen molar-refractivity contribution in [3.63, 3.8) is 0 Å². The van der Waals surface area contributed by atoms with Crippen LogP contribution in [0.1, 0.15) is 19.7 Å². The van der Waals surface area contributed by atoms with Gasteiger partial charge in [-0.1, -0.05) is 0 Å². The van der Waals surface area contributed by atoms with Gasteiger partial charge in [-0.25, -0.2) is 0 Å². The van der Waals surface area contributed by atoms with E-state index >= 15 is 0 Å². The third-order valence-electron chi connectivity index (χ3n) is 2.06. The molecule has 1 rings (SSSR count). The van der Waals surface area contributed by atoms with Crippen molar-refractivity contribution in [3.8, 4) is 0 Å². The first-order valence-corrected chi connectivity index (χ1v) is 5.35. The number of hydrogen-bond donors (Lipinski definition) is 1. The van der Waals surface area contributed by atoms with Crippen molar-refractivity contribution in [2.75, 3.05) is 19.7 Å². The Morgan fingerprint density at radius 1 is 1.47 bits per heavy atom. The molecule has 0 saturated heterocycles. The van der Waals surface area contributed by atoms with Crippen LogP contribution in [0.3, 0.4) is 0 Å². The van der Waals surface area contributed by atoms with E-state index in [2.05, 4.69) is 15.5 Å². The maximum absolute atomic E-state index is 5.41. The van der Waals surface area contributed by atoms with Crippen molar-refractivity contribution in [1.82, 2.24) is 20.1 Å². The number of nitrogens with zero attached hydrogens (tertiary/aromatic N) is 3. The number of rotatable bonds is 7. The molecule has 0 spiro atoms. The fraction of sp³-hybridized carbons (Fsp3) is 0.800. The molecule has 0 bridgehead atoms. The minimum absolute atomic E-state index is 0.311. The zero-order valence-corrected chi connectivity index (χ0v) is 9.73. The van der Waals surface area contributed by atoms with Crippen LogP contribution in [0.25, 0.3) is 0 Å². The molecule has 0 unspecified atom stereocenters. The van der Waals surface area contributed by atoms with E-state index in [0.29, 0.717) is 6.10 Å². The topological polar surface area (TPSA) is 52.0 Å². The lowest BCUT2D eigenvalue weighted by atomic mass is 10.4. The number of nitrogens with one attached hydrogen (secondary N) is 1. The lowest BCUT2D eigenvalue weighted by Gasteiger charge is -2.08. The first-order valence-electron chi connectivity index (χ1n) is 5.35. The second kappa shape index (κ2) is 6.53. The van der Waals surface area contributed by atoms with E-state index in [1.54, 1.807) is 6.33 Å². The molecule has 0 fully saturated rings. The van der Waals surface area contributed by atoms with Gasteiger partial charge in [-0.2, -0.15) is 0 Å². The standard InChI is InChI=1S/C10H20N4O/c1-9(2)15-7-6-11-5-4-10-13-12-8-14(10)3/h8-9,11H,4-7H2,1-3H3. The Hall–Kier alpha value is -0.940. The van der Waals surface area contributed by atoms with Gasteiger partial charge < -0.3 is 14.6 Å². The van der Waals surface area contributed by atoms with Gasteiger partial charge in [-0.15, -0.1) is 10.2 Å². The Labute approximate surface area is 90.8 Å². The Morgan fingerprint density at radius 2 is 2.27 bits per heavy atom. The predicted octanol–water partition coefficient (Wildman–Crippen LogP) is 0.372. The summed E-state index contributed by atoms with van der Waals surface area (Å²) >= 11 is 0. The van der Waals surface area contributed by atoms with Gasteiger partial charge in [-0.05, 0) is 13.8 Å². The fourth-order valence-corrected chi connectivity index (χ4v) is 1.23. The van der Waals surface area contributed by atoms with Crippen LogP contribution in [0, 0.1) is 0 Å². The van der Waals surface area contributed by atoms with E-state index in [0.717, 1.165) is 31.9 Å². The van der Waals surface area contributed by atoms with Gasteiger partial charge in [0.2, 0.25) is 0 Å². The van der Waals surface area contributed by atoms with Crippen LogP contribution >= 0.6 is 0 Å². The molecular formula is C10H20N4O. The van der Waals surface area contributed by atoms with Crippen molar-refractivity contribution in [2.45, 2.75) is 26.4 Å². The first-order chi connectivity index (χ1) is 7.20. The Kier molecular flexibility index (Phi) is 5.28. The van der Waals surface area contributed by atoms with Crippen LogP contribution in [0.5, 0.6) is 0 Å². The van der Waals surface area contributed by atoms with Gasteiger partial charge in [0.25, 0.3) is 0 Å². The van der Waals surface area contributed by atoms with E-state index in [4.69, 9.17) is 4.74 Å². The van der Waals surface area contributed by atoms with Gasteiger partial charge in [0.1, 0.15) is 12.2 Å². The molecule has 0 amide bonds. The van der Waals surface area contributed by atoms with Crippen LogP contribution in [0.15, 0.2) is 6.33 Å². The van der Waals surface area contributed by atoms with Crippen molar-refractivity contribution in [3.05, 3.63) is 12.2 Å². The van der Waals surface area contributed by atoms with Crippen LogP contribution in [0.2, 0.25) is 0 Å². The molecule has 86 valence electrons. The summed E-state index contributed by atoms with van der Waals surface area (Å²) in [6, 6.07) is 0. The molecule has 0 aliphatic heterocycles. The van der Waals surface area contributed by atoms with Gasteiger partial charge >= 0.3 is 0 Å². The second-order valence-electron chi connectivity index (χ2n) is 3.78. The van der Waals surface area contributed by atoms with Gasteiger partial charge in [0.15, 0.2) is 0 Å². The number of aryl methyl sites for hydroxylation is 1. The van der Waals surface area contributed by atoms with Crippen LogP contribution in [0.4, 0.5) is 0 Å².